The second-order valence-electron chi connectivity index (χ2n) is 5.29. The molecule has 0 amide bonds. The zero-order valence-corrected chi connectivity index (χ0v) is 12.4. The molecule has 1 aromatic carbocycles. The molecular weight excluding hydrogens is 295 g/mol. The van der Waals surface area contributed by atoms with E-state index in [0.29, 0.717) is 0 Å². The highest BCUT2D eigenvalue weighted by atomic mass is 32.1. The number of alkyl halides is 3. The first-order chi connectivity index (χ1) is 9.99. The third-order valence-corrected chi connectivity index (χ3v) is 5.21. The van der Waals surface area contributed by atoms with Gasteiger partial charge < -0.3 is 5.32 Å². The highest BCUT2D eigenvalue weighted by molar-refractivity contribution is 7.12. The van der Waals surface area contributed by atoms with E-state index in [2.05, 4.69) is 11.4 Å². The molecule has 0 radical (unpaired) electrons. The van der Waals surface area contributed by atoms with Crippen LogP contribution < -0.4 is 5.32 Å². The summed E-state index contributed by atoms with van der Waals surface area (Å²) in [5, 5.41) is 3.21. The van der Waals surface area contributed by atoms with Crippen molar-refractivity contribution in [3.63, 3.8) is 0 Å². The van der Waals surface area contributed by atoms with Crippen molar-refractivity contribution in [3.05, 3.63) is 56.8 Å². The van der Waals surface area contributed by atoms with Crippen molar-refractivity contribution in [3.8, 4) is 0 Å². The second kappa shape index (κ2) is 5.46. The maximum atomic E-state index is 12.6. The summed E-state index contributed by atoms with van der Waals surface area (Å²) in [5.74, 6) is 0. The Morgan fingerprint density at radius 1 is 1.14 bits per heavy atom. The first-order valence-electron chi connectivity index (χ1n) is 6.95. The number of aryl methyl sites for hydroxylation is 2. The Labute approximate surface area is 125 Å². The molecule has 2 aromatic rings. The van der Waals surface area contributed by atoms with Gasteiger partial charge in [0, 0.05) is 9.75 Å². The molecule has 1 aliphatic carbocycles. The number of fused-ring (bicyclic) bond motifs is 1. The summed E-state index contributed by atoms with van der Waals surface area (Å²) < 4.78 is 37.9. The number of benzene rings is 1. The van der Waals surface area contributed by atoms with Gasteiger partial charge in [0.05, 0.1) is 11.6 Å². The summed E-state index contributed by atoms with van der Waals surface area (Å²) in [6, 6.07) is 7.60. The number of hydrogen-bond acceptors (Lipinski definition) is 2. The van der Waals surface area contributed by atoms with Crippen LogP contribution in [-0.4, -0.2) is 7.05 Å². The Kier molecular flexibility index (Phi) is 3.80. The summed E-state index contributed by atoms with van der Waals surface area (Å²) in [5.41, 5.74) is 1.67. The molecule has 1 aliphatic rings. The summed E-state index contributed by atoms with van der Waals surface area (Å²) in [7, 11) is 1.84. The average Bonchev–Trinajstić information content (AvgIpc) is 3.00. The van der Waals surface area contributed by atoms with Gasteiger partial charge in [-0.05, 0) is 55.6 Å². The maximum absolute atomic E-state index is 12.6. The lowest BCUT2D eigenvalue weighted by molar-refractivity contribution is -0.137. The zero-order valence-electron chi connectivity index (χ0n) is 11.6. The fraction of sp³-hybridized carbons (Fsp3) is 0.375. The van der Waals surface area contributed by atoms with E-state index in [1.54, 1.807) is 23.5 Å². The van der Waals surface area contributed by atoms with Gasteiger partial charge in [0.1, 0.15) is 0 Å². The number of thiophene rings is 1. The molecule has 1 atom stereocenters. The van der Waals surface area contributed by atoms with Gasteiger partial charge in [-0.25, -0.2) is 0 Å². The van der Waals surface area contributed by atoms with Crippen LogP contribution in [0.1, 0.15) is 38.9 Å². The van der Waals surface area contributed by atoms with E-state index >= 15 is 0 Å². The molecule has 0 saturated heterocycles. The second-order valence-corrected chi connectivity index (χ2v) is 6.46. The van der Waals surface area contributed by atoms with Gasteiger partial charge >= 0.3 is 6.18 Å². The minimum Gasteiger partial charge on any atom is -0.309 e. The molecule has 1 nitrogen and oxygen atoms in total. The molecule has 0 spiro atoms. The lowest BCUT2D eigenvalue weighted by Crippen LogP contribution is -2.17. The molecule has 0 bridgehead atoms. The van der Waals surface area contributed by atoms with Crippen molar-refractivity contribution in [2.75, 3.05) is 7.05 Å². The molecule has 1 aromatic heterocycles. The predicted molar refractivity (Wildman–Crippen MR) is 78.7 cm³/mol. The van der Waals surface area contributed by atoms with Gasteiger partial charge in [-0.1, -0.05) is 12.1 Å². The van der Waals surface area contributed by atoms with E-state index in [0.717, 1.165) is 30.5 Å². The average molecular weight is 311 g/mol. The van der Waals surface area contributed by atoms with Crippen LogP contribution in [0.2, 0.25) is 0 Å². The van der Waals surface area contributed by atoms with Gasteiger partial charge in [0.2, 0.25) is 0 Å². The van der Waals surface area contributed by atoms with Crippen LogP contribution in [0.15, 0.2) is 30.3 Å². The topological polar surface area (TPSA) is 12.0 Å². The van der Waals surface area contributed by atoms with Crippen LogP contribution in [0.4, 0.5) is 13.2 Å². The van der Waals surface area contributed by atoms with Crippen LogP contribution in [0.3, 0.4) is 0 Å². The monoisotopic (exact) mass is 311 g/mol. The smallest absolute Gasteiger partial charge is 0.309 e. The number of halogens is 3. The molecule has 1 unspecified atom stereocenters. The zero-order chi connectivity index (χ0) is 15.0. The molecular formula is C16H16F3NS. The van der Waals surface area contributed by atoms with Crippen LogP contribution >= 0.6 is 11.3 Å². The summed E-state index contributed by atoms with van der Waals surface area (Å²) >= 11 is 1.77. The van der Waals surface area contributed by atoms with Crippen LogP contribution in [-0.2, 0) is 19.0 Å². The fourth-order valence-electron chi connectivity index (χ4n) is 2.83. The molecule has 0 fully saturated rings. The van der Waals surface area contributed by atoms with Crippen molar-refractivity contribution >= 4 is 11.3 Å². The SMILES string of the molecule is CNC(c1ccc(C(F)(F)F)cc1)c1cc2c(s1)CCC2. The van der Waals surface area contributed by atoms with E-state index in [4.69, 9.17) is 0 Å². The molecule has 0 saturated carbocycles. The molecule has 112 valence electrons. The molecule has 0 aliphatic heterocycles. The first-order valence-corrected chi connectivity index (χ1v) is 7.76. The lowest BCUT2D eigenvalue weighted by Gasteiger charge is -2.16. The van der Waals surface area contributed by atoms with Crippen molar-refractivity contribution in [2.24, 2.45) is 0 Å². The summed E-state index contributed by atoms with van der Waals surface area (Å²) in [6.07, 6.45) is -0.817. The van der Waals surface area contributed by atoms with Crippen LogP contribution in [0.5, 0.6) is 0 Å². The summed E-state index contributed by atoms with van der Waals surface area (Å²) in [6.45, 7) is 0. The van der Waals surface area contributed by atoms with Crippen LogP contribution in [0, 0.1) is 0 Å². The quantitative estimate of drug-likeness (QED) is 0.876. The third-order valence-electron chi connectivity index (χ3n) is 3.91. The Morgan fingerprint density at radius 3 is 2.43 bits per heavy atom. The minimum absolute atomic E-state index is 0.0390. The minimum atomic E-state index is -4.28. The Bertz CT molecular complexity index is 606. The number of rotatable bonds is 3. The standard InChI is InChI=1S/C16H16F3NS/c1-20-15(14-9-11-3-2-4-13(11)21-14)10-5-7-12(8-6-10)16(17,18)19/h5-9,15,20H,2-4H2,1H3. The van der Waals surface area contributed by atoms with Crippen molar-refractivity contribution < 1.29 is 13.2 Å². The molecule has 21 heavy (non-hydrogen) atoms. The summed E-state index contributed by atoms with van der Waals surface area (Å²) in [4.78, 5) is 2.61. The van der Waals surface area contributed by atoms with Crippen molar-refractivity contribution in [1.29, 1.82) is 0 Å². The van der Waals surface area contributed by atoms with Gasteiger partial charge in [-0.15, -0.1) is 11.3 Å². The fourth-order valence-corrected chi connectivity index (χ4v) is 4.23. The molecule has 1 heterocycles. The normalized spacial score (nSPS) is 16.0. The highest BCUT2D eigenvalue weighted by Crippen LogP contribution is 2.37. The van der Waals surface area contributed by atoms with E-state index in [1.807, 2.05) is 7.05 Å². The van der Waals surface area contributed by atoms with Gasteiger partial charge in [0.25, 0.3) is 0 Å². The van der Waals surface area contributed by atoms with Gasteiger partial charge in [0.15, 0.2) is 0 Å². The molecule has 3 rings (SSSR count). The maximum Gasteiger partial charge on any atom is 0.416 e. The van der Waals surface area contributed by atoms with Crippen molar-refractivity contribution in [2.45, 2.75) is 31.5 Å². The number of hydrogen-bond donors (Lipinski definition) is 1. The van der Waals surface area contributed by atoms with E-state index in [-0.39, 0.29) is 6.04 Å². The number of nitrogens with one attached hydrogen (secondary N) is 1. The van der Waals surface area contributed by atoms with E-state index in [1.165, 1.54) is 21.7 Å². The van der Waals surface area contributed by atoms with Crippen LogP contribution in [0.25, 0.3) is 0 Å². The molecule has 1 N–H and O–H groups in total. The predicted octanol–water partition coefficient (Wildman–Crippen LogP) is 4.56. The lowest BCUT2D eigenvalue weighted by atomic mass is 10.0. The van der Waals surface area contributed by atoms with Gasteiger partial charge in [-0.3, -0.25) is 0 Å². The Balaban J connectivity index is 1.89. The Morgan fingerprint density at radius 2 is 1.86 bits per heavy atom. The van der Waals surface area contributed by atoms with E-state index in [9.17, 15) is 13.2 Å². The molecule has 5 heteroatoms. The third kappa shape index (κ3) is 2.85. The van der Waals surface area contributed by atoms with E-state index < -0.39 is 11.7 Å². The highest BCUT2D eigenvalue weighted by Gasteiger charge is 2.30. The van der Waals surface area contributed by atoms with Crippen molar-refractivity contribution in [1.82, 2.24) is 5.32 Å². The largest absolute Gasteiger partial charge is 0.416 e. The van der Waals surface area contributed by atoms with Gasteiger partial charge in [-0.2, -0.15) is 13.2 Å². The Hall–Kier alpha value is -1.33. The first kappa shape index (κ1) is 14.6.